The Bertz CT molecular complexity index is 1110. The highest BCUT2D eigenvalue weighted by atomic mass is 16.5. The van der Waals surface area contributed by atoms with Crippen molar-refractivity contribution in [1.82, 2.24) is 0 Å². The standard InChI is InChI=1S/C31H42O5/c1-6-8-10-12-20-34-29-27-18-17-26(33-22-19-25(5)16-14-15-24(3)4)23-28(27)36-31(32)30(29)35-21-13-11-9-7-2/h8-11,15,17-19,23H,6-7,12-14,16,20-22H2,1-5H3/b10-8?,11-9?,25-19+. The summed E-state index contributed by atoms with van der Waals surface area (Å²) in [6.45, 7) is 11.8. The highest BCUT2D eigenvalue weighted by Gasteiger charge is 2.18. The van der Waals surface area contributed by atoms with Crippen LogP contribution in [0.3, 0.4) is 0 Å². The lowest BCUT2D eigenvalue weighted by molar-refractivity contribution is 0.265. The minimum atomic E-state index is -0.548. The molecule has 1 aromatic carbocycles. The molecule has 5 heteroatoms. The van der Waals surface area contributed by atoms with Gasteiger partial charge in [-0.05, 0) is 77.5 Å². The SMILES string of the molecule is CCC=CCCOc1c(OCCC=CCC)c2ccc(OC/C=C(\C)CCC=C(C)C)cc2oc1=O. The van der Waals surface area contributed by atoms with E-state index in [-0.39, 0.29) is 5.75 Å². The molecule has 0 fully saturated rings. The minimum absolute atomic E-state index is 0.121. The molecular formula is C31H42O5. The summed E-state index contributed by atoms with van der Waals surface area (Å²) in [7, 11) is 0. The molecule has 0 saturated heterocycles. The highest BCUT2D eigenvalue weighted by Crippen LogP contribution is 2.35. The van der Waals surface area contributed by atoms with Gasteiger partial charge in [0.15, 0.2) is 5.75 Å². The van der Waals surface area contributed by atoms with Crippen LogP contribution in [0.25, 0.3) is 11.0 Å². The quantitative estimate of drug-likeness (QED) is 0.133. The Morgan fingerprint density at radius 2 is 1.50 bits per heavy atom. The molecular weight excluding hydrogens is 452 g/mol. The first kappa shape index (κ1) is 29.0. The molecule has 1 heterocycles. The van der Waals surface area contributed by atoms with E-state index in [1.54, 1.807) is 6.07 Å². The maximum absolute atomic E-state index is 12.8. The molecule has 196 valence electrons. The molecule has 0 N–H and O–H groups in total. The predicted octanol–water partition coefficient (Wildman–Crippen LogP) is 8.33. The average molecular weight is 495 g/mol. The van der Waals surface area contributed by atoms with Crippen molar-refractivity contribution in [3.63, 3.8) is 0 Å². The summed E-state index contributed by atoms with van der Waals surface area (Å²) >= 11 is 0. The Kier molecular flexibility index (Phi) is 13.3. The molecule has 0 aliphatic rings. The summed E-state index contributed by atoms with van der Waals surface area (Å²) in [5, 5.41) is 0.689. The first-order chi connectivity index (χ1) is 17.5. The Labute approximate surface area is 216 Å². The van der Waals surface area contributed by atoms with Crippen LogP contribution in [-0.2, 0) is 0 Å². The fourth-order valence-corrected chi connectivity index (χ4v) is 3.49. The van der Waals surface area contributed by atoms with Crippen LogP contribution in [0.1, 0.15) is 73.1 Å². The largest absolute Gasteiger partial charge is 0.489 e. The third-order valence-electron chi connectivity index (χ3n) is 5.43. The molecule has 0 aliphatic heterocycles. The van der Waals surface area contributed by atoms with Gasteiger partial charge in [0, 0.05) is 6.07 Å². The number of hydrogen-bond donors (Lipinski definition) is 0. The van der Waals surface area contributed by atoms with E-state index in [2.05, 4.69) is 65.0 Å². The topological polar surface area (TPSA) is 57.9 Å². The molecule has 1 aromatic heterocycles. The van der Waals surface area contributed by atoms with Gasteiger partial charge in [-0.2, -0.15) is 0 Å². The van der Waals surface area contributed by atoms with Crippen molar-refractivity contribution < 1.29 is 18.6 Å². The van der Waals surface area contributed by atoms with Gasteiger partial charge < -0.3 is 18.6 Å². The second kappa shape index (κ2) is 16.5. The molecule has 0 atom stereocenters. The molecule has 2 rings (SSSR count). The lowest BCUT2D eigenvalue weighted by atomic mass is 10.1. The van der Waals surface area contributed by atoms with Gasteiger partial charge in [-0.3, -0.25) is 0 Å². The zero-order valence-corrected chi connectivity index (χ0v) is 22.6. The normalized spacial score (nSPS) is 12.0. The second-order valence-corrected chi connectivity index (χ2v) is 8.92. The summed E-state index contributed by atoms with van der Waals surface area (Å²) in [5.74, 6) is 1.18. The van der Waals surface area contributed by atoms with Crippen LogP contribution in [-0.4, -0.2) is 19.8 Å². The fourth-order valence-electron chi connectivity index (χ4n) is 3.49. The summed E-state index contributed by atoms with van der Waals surface area (Å²) in [6, 6.07) is 5.47. The molecule has 5 nitrogen and oxygen atoms in total. The third kappa shape index (κ3) is 10.2. The van der Waals surface area contributed by atoms with Crippen molar-refractivity contribution in [2.75, 3.05) is 19.8 Å². The number of benzene rings is 1. The van der Waals surface area contributed by atoms with Crippen molar-refractivity contribution in [2.45, 2.75) is 73.1 Å². The molecule has 0 spiro atoms. The van der Waals surface area contributed by atoms with Crippen LogP contribution in [0, 0.1) is 0 Å². The number of ether oxygens (including phenoxy) is 3. The summed E-state index contributed by atoms with van der Waals surface area (Å²) < 4.78 is 23.4. The van der Waals surface area contributed by atoms with Crippen LogP contribution < -0.4 is 19.8 Å². The lowest BCUT2D eigenvalue weighted by Crippen LogP contribution is -2.11. The minimum Gasteiger partial charge on any atom is -0.489 e. The average Bonchev–Trinajstić information content (AvgIpc) is 2.84. The Balaban J connectivity index is 2.20. The van der Waals surface area contributed by atoms with Gasteiger partial charge in [0.1, 0.15) is 17.9 Å². The van der Waals surface area contributed by atoms with Crippen molar-refractivity contribution in [2.24, 2.45) is 0 Å². The van der Waals surface area contributed by atoms with Crippen LogP contribution in [0.15, 0.2) is 75.0 Å². The van der Waals surface area contributed by atoms with Crippen molar-refractivity contribution >= 4 is 11.0 Å². The van der Waals surface area contributed by atoms with Gasteiger partial charge in [0.05, 0.1) is 18.6 Å². The van der Waals surface area contributed by atoms with E-state index in [0.29, 0.717) is 48.7 Å². The number of hydrogen-bond acceptors (Lipinski definition) is 5. The maximum atomic E-state index is 12.8. The van der Waals surface area contributed by atoms with Crippen LogP contribution >= 0.6 is 0 Å². The van der Waals surface area contributed by atoms with E-state index in [4.69, 9.17) is 18.6 Å². The first-order valence-electron chi connectivity index (χ1n) is 13.0. The third-order valence-corrected chi connectivity index (χ3v) is 5.43. The first-order valence-corrected chi connectivity index (χ1v) is 13.0. The van der Waals surface area contributed by atoms with E-state index in [0.717, 1.165) is 32.1 Å². The van der Waals surface area contributed by atoms with Gasteiger partial charge in [0.2, 0.25) is 5.75 Å². The van der Waals surface area contributed by atoms with Gasteiger partial charge in [-0.1, -0.05) is 55.4 Å². The van der Waals surface area contributed by atoms with E-state index < -0.39 is 5.63 Å². The van der Waals surface area contributed by atoms with E-state index in [9.17, 15) is 4.79 Å². The van der Waals surface area contributed by atoms with Gasteiger partial charge in [0.25, 0.3) is 0 Å². The van der Waals surface area contributed by atoms with E-state index >= 15 is 0 Å². The summed E-state index contributed by atoms with van der Waals surface area (Å²) in [6.07, 6.45) is 18.0. The maximum Gasteiger partial charge on any atom is 0.383 e. The highest BCUT2D eigenvalue weighted by molar-refractivity contribution is 5.86. The number of allylic oxidation sites excluding steroid dienone is 5. The van der Waals surface area contributed by atoms with Crippen LogP contribution in [0.4, 0.5) is 0 Å². The van der Waals surface area contributed by atoms with Gasteiger partial charge >= 0.3 is 5.63 Å². The molecule has 0 aliphatic carbocycles. The van der Waals surface area contributed by atoms with E-state index in [1.165, 1.54) is 11.1 Å². The molecule has 0 unspecified atom stereocenters. The van der Waals surface area contributed by atoms with Crippen LogP contribution in [0.5, 0.6) is 17.2 Å². The molecule has 36 heavy (non-hydrogen) atoms. The van der Waals surface area contributed by atoms with Crippen LogP contribution in [0.2, 0.25) is 0 Å². The Morgan fingerprint density at radius 3 is 2.14 bits per heavy atom. The van der Waals surface area contributed by atoms with Crippen molar-refractivity contribution in [3.8, 4) is 17.2 Å². The molecule has 0 saturated carbocycles. The Morgan fingerprint density at radius 1 is 0.833 bits per heavy atom. The smallest absolute Gasteiger partial charge is 0.383 e. The second-order valence-electron chi connectivity index (χ2n) is 8.92. The number of fused-ring (bicyclic) bond motifs is 1. The van der Waals surface area contributed by atoms with Gasteiger partial charge in [-0.15, -0.1) is 0 Å². The zero-order valence-electron chi connectivity index (χ0n) is 22.6. The van der Waals surface area contributed by atoms with Crippen molar-refractivity contribution in [3.05, 3.63) is 76.2 Å². The van der Waals surface area contributed by atoms with Gasteiger partial charge in [-0.25, -0.2) is 4.79 Å². The van der Waals surface area contributed by atoms with Crippen molar-refractivity contribution in [1.29, 1.82) is 0 Å². The van der Waals surface area contributed by atoms with E-state index in [1.807, 2.05) is 18.2 Å². The zero-order chi connectivity index (χ0) is 26.2. The summed E-state index contributed by atoms with van der Waals surface area (Å²) in [4.78, 5) is 12.8. The number of rotatable bonds is 16. The molecule has 0 radical (unpaired) electrons. The Hall–Kier alpha value is -3.21. The fraction of sp³-hybridized carbons (Fsp3) is 0.452. The predicted molar refractivity (Wildman–Crippen MR) is 149 cm³/mol. The summed E-state index contributed by atoms with van der Waals surface area (Å²) in [5.41, 5.74) is 2.48. The molecule has 2 aromatic rings. The molecule has 0 amide bonds. The lowest BCUT2D eigenvalue weighted by Gasteiger charge is -2.14. The monoisotopic (exact) mass is 494 g/mol. The molecule has 0 bridgehead atoms.